The molecule has 0 saturated carbocycles. The average molecular weight is 341 g/mol. The largest absolute Gasteiger partial charge is 0.496 e. The van der Waals surface area contributed by atoms with Crippen molar-refractivity contribution in [3.05, 3.63) is 64.3 Å². The van der Waals surface area contributed by atoms with E-state index in [0.29, 0.717) is 22.0 Å². The summed E-state index contributed by atoms with van der Waals surface area (Å²) in [5.41, 5.74) is 3.87. The molecule has 0 fully saturated rings. The van der Waals surface area contributed by atoms with Crippen LogP contribution in [0.25, 0.3) is 10.9 Å². The first-order chi connectivity index (χ1) is 11.5. The van der Waals surface area contributed by atoms with Gasteiger partial charge in [0.15, 0.2) is 0 Å². The summed E-state index contributed by atoms with van der Waals surface area (Å²) < 4.78 is 5.38. The summed E-state index contributed by atoms with van der Waals surface area (Å²) in [5.74, 6) is 0.281. The van der Waals surface area contributed by atoms with Crippen LogP contribution in [0, 0.1) is 13.8 Å². The zero-order valence-electron chi connectivity index (χ0n) is 13.7. The third kappa shape index (κ3) is 3.34. The molecule has 0 unspecified atom stereocenters. The average Bonchev–Trinajstić information content (AvgIpc) is 2.52. The molecule has 24 heavy (non-hydrogen) atoms. The molecule has 1 amide bonds. The first-order valence-electron chi connectivity index (χ1n) is 7.50. The Hall–Kier alpha value is -2.59. The first-order valence-corrected chi connectivity index (χ1v) is 7.88. The number of fused-ring (bicyclic) bond motifs is 1. The number of amides is 1. The van der Waals surface area contributed by atoms with Crippen LogP contribution in [-0.2, 0) is 0 Å². The van der Waals surface area contributed by atoms with Gasteiger partial charge in [-0.2, -0.15) is 0 Å². The fourth-order valence-electron chi connectivity index (χ4n) is 2.69. The summed E-state index contributed by atoms with van der Waals surface area (Å²) in [6, 6.07) is 12.8. The maximum atomic E-state index is 12.6. The van der Waals surface area contributed by atoms with Gasteiger partial charge in [-0.15, -0.1) is 0 Å². The highest BCUT2D eigenvalue weighted by Gasteiger charge is 2.13. The van der Waals surface area contributed by atoms with Crippen molar-refractivity contribution in [2.45, 2.75) is 13.8 Å². The number of rotatable bonds is 3. The molecule has 122 valence electrons. The highest BCUT2D eigenvalue weighted by atomic mass is 35.5. The Morgan fingerprint density at radius 1 is 1.08 bits per heavy atom. The van der Waals surface area contributed by atoms with Crippen molar-refractivity contribution in [1.82, 2.24) is 4.98 Å². The Bertz CT molecular complexity index is 918. The first kappa shape index (κ1) is 16.3. The van der Waals surface area contributed by atoms with Crippen molar-refractivity contribution in [2.75, 3.05) is 12.4 Å². The standard InChI is InChI=1S/C19H17ClN2O2/c1-11-6-12(2)8-14(7-11)21-19(23)17-10-18(24-3)15-9-13(20)4-5-16(15)22-17/h4-10H,1-3H3,(H,21,23). The second kappa shape index (κ2) is 6.49. The Labute approximate surface area is 145 Å². The van der Waals surface area contributed by atoms with Gasteiger partial charge in [-0.25, -0.2) is 4.98 Å². The van der Waals surface area contributed by atoms with E-state index in [9.17, 15) is 4.79 Å². The molecule has 0 saturated heterocycles. The van der Waals surface area contributed by atoms with E-state index in [0.717, 1.165) is 22.2 Å². The number of aryl methyl sites for hydroxylation is 2. The van der Waals surface area contributed by atoms with Crippen molar-refractivity contribution >= 4 is 34.1 Å². The second-order valence-corrected chi connectivity index (χ2v) is 6.14. The lowest BCUT2D eigenvalue weighted by Crippen LogP contribution is -2.14. The number of aromatic nitrogens is 1. The van der Waals surface area contributed by atoms with Gasteiger partial charge in [-0.1, -0.05) is 17.7 Å². The number of pyridine rings is 1. The van der Waals surface area contributed by atoms with E-state index in [4.69, 9.17) is 16.3 Å². The molecule has 0 radical (unpaired) electrons. The molecule has 0 spiro atoms. The van der Waals surface area contributed by atoms with Gasteiger partial charge in [-0.3, -0.25) is 4.79 Å². The van der Waals surface area contributed by atoms with E-state index in [1.807, 2.05) is 26.0 Å². The lowest BCUT2D eigenvalue weighted by Gasteiger charge is -2.10. The maximum Gasteiger partial charge on any atom is 0.274 e. The number of anilines is 1. The van der Waals surface area contributed by atoms with Gasteiger partial charge in [-0.05, 0) is 55.3 Å². The van der Waals surface area contributed by atoms with Gasteiger partial charge in [0.1, 0.15) is 11.4 Å². The molecule has 1 aromatic heterocycles. The number of carbonyl (C=O) groups excluding carboxylic acids is 1. The van der Waals surface area contributed by atoms with Crippen LogP contribution in [0.15, 0.2) is 42.5 Å². The monoisotopic (exact) mass is 340 g/mol. The van der Waals surface area contributed by atoms with Gasteiger partial charge in [0.25, 0.3) is 5.91 Å². The number of carbonyl (C=O) groups is 1. The fraction of sp³-hybridized carbons (Fsp3) is 0.158. The molecule has 0 bridgehead atoms. The number of benzene rings is 2. The number of ether oxygens (including phenoxy) is 1. The maximum absolute atomic E-state index is 12.6. The lowest BCUT2D eigenvalue weighted by molar-refractivity contribution is 0.102. The van der Waals surface area contributed by atoms with Crippen molar-refractivity contribution in [1.29, 1.82) is 0 Å². The number of nitrogens with one attached hydrogen (secondary N) is 1. The van der Waals surface area contributed by atoms with E-state index in [1.54, 1.807) is 31.4 Å². The third-order valence-electron chi connectivity index (χ3n) is 3.66. The number of hydrogen-bond donors (Lipinski definition) is 1. The molecule has 1 heterocycles. The number of nitrogens with zero attached hydrogens (tertiary/aromatic N) is 1. The van der Waals surface area contributed by atoms with Crippen LogP contribution in [0.3, 0.4) is 0 Å². The summed E-state index contributed by atoms with van der Waals surface area (Å²) in [7, 11) is 1.56. The summed E-state index contributed by atoms with van der Waals surface area (Å²) in [6.07, 6.45) is 0. The van der Waals surface area contributed by atoms with Crippen LogP contribution in [-0.4, -0.2) is 18.0 Å². The van der Waals surface area contributed by atoms with Gasteiger partial charge in [0.05, 0.1) is 12.6 Å². The van der Waals surface area contributed by atoms with Crippen molar-refractivity contribution < 1.29 is 9.53 Å². The quantitative estimate of drug-likeness (QED) is 0.747. The summed E-state index contributed by atoms with van der Waals surface area (Å²) in [4.78, 5) is 17.0. The lowest BCUT2D eigenvalue weighted by atomic mass is 10.1. The summed E-state index contributed by atoms with van der Waals surface area (Å²) >= 11 is 6.02. The smallest absolute Gasteiger partial charge is 0.274 e. The predicted molar refractivity (Wildman–Crippen MR) is 97.2 cm³/mol. The van der Waals surface area contributed by atoms with Gasteiger partial charge in [0, 0.05) is 22.2 Å². The fourth-order valence-corrected chi connectivity index (χ4v) is 2.87. The molecule has 0 atom stereocenters. The number of hydrogen-bond acceptors (Lipinski definition) is 3. The van der Waals surface area contributed by atoms with E-state index in [1.165, 1.54) is 0 Å². The topological polar surface area (TPSA) is 51.2 Å². The molecule has 3 rings (SSSR count). The van der Waals surface area contributed by atoms with E-state index >= 15 is 0 Å². The minimum Gasteiger partial charge on any atom is -0.496 e. The Balaban J connectivity index is 1.99. The van der Waals surface area contributed by atoms with Crippen molar-refractivity contribution in [3.63, 3.8) is 0 Å². The van der Waals surface area contributed by atoms with Gasteiger partial charge >= 0.3 is 0 Å². The number of methoxy groups -OCH3 is 1. The summed E-state index contributed by atoms with van der Waals surface area (Å²) in [5, 5.41) is 4.25. The minimum atomic E-state index is -0.282. The second-order valence-electron chi connectivity index (χ2n) is 5.70. The normalized spacial score (nSPS) is 10.7. The molecule has 2 aromatic carbocycles. The molecule has 3 aromatic rings. The highest BCUT2D eigenvalue weighted by molar-refractivity contribution is 6.31. The zero-order valence-corrected chi connectivity index (χ0v) is 14.4. The van der Waals surface area contributed by atoms with E-state index in [-0.39, 0.29) is 5.91 Å². The molecule has 5 heteroatoms. The Morgan fingerprint density at radius 2 is 1.79 bits per heavy atom. The van der Waals surface area contributed by atoms with Gasteiger partial charge < -0.3 is 10.1 Å². The van der Waals surface area contributed by atoms with Crippen LogP contribution >= 0.6 is 11.6 Å². The number of halogens is 1. The minimum absolute atomic E-state index is 0.282. The molecule has 0 aliphatic carbocycles. The van der Waals surface area contributed by atoms with E-state index < -0.39 is 0 Å². The van der Waals surface area contributed by atoms with E-state index in [2.05, 4.69) is 16.4 Å². The van der Waals surface area contributed by atoms with Crippen LogP contribution in [0.4, 0.5) is 5.69 Å². The molecular weight excluding hydrogens is 324 g/mol. The van der Waals surface area contributed by atoms with Crippen molar-refractivity contribution in [3.8, 4) is 5.75 Å². The third-order valence-corrected chi connectivity index (χ3v) is 3.90. The van der Waals surface area contributed by atoms with Gasteiger partial charge in [0.2, 0.25) is 0 Å². The molecule has 0 aliphatic heterocycles. The molecule has 1 N–H and O–H groups in total. The van der Waals surface area contributed by atoms with Crippen LogP contribution in [0.5, 0.6) is 5.75 Å². The highest BCUT2D eigenvalue weighted by Crippen LogP contribution is 2.28. The SMILES string of the molecule is COc1cc(C(=O)Nc2cc(C)cc(C)c2)nc2ccc(Cl)cc12. The molecular formula is C19H17ClN2O2. The predicted octanol–water partition coefficient (Wildman–Crippen LogP) is 4.77. The van der Waals surface area contributed by atoms with Crippen LogP contribution in [0.2, 0.25) is 5.02 Å². The zero-order chi connectivity index (χ0) is 17.3. The van der Waals surface area contributed by atoms with Crippen LogP contribution < -0.4 is 10.1 Å². The van der Waals surface area contributed by atoms with Crippen LogP contribution in [0.1, 0.15) is 21.6 Å². The Morgan fingerprint density at radius 3 is 2.46 bits per heavy atom. The van der Waals surface area contributed by atoms with Crippen molar-refractivity contribution in [2.24, 2.45) is 0 Å². The Kier molecular flexibility index (Phi) is 4.40. The molecule has 4 nitrogen and oxygen atoms in total. The molecule has 0 aliphatic rings. The summed E-state index contributed by atoms with van der Waals surface area (Å²) in [6.45, 7) is 3.98.